The van der Waals surface area contributed by atoms with E-state index < -0.39 is 5.97 Å². The molecule has 4 heteroatoms. The van der Waals surface area contributed by atoms with Crippen molar-refractivity contribution in [3.8, 4) is 11.8 Å². The van der Waals surface area contributed by atoms with Gasteiger partial charge in [-0.3, -0.25) is 0 Å². The molecule has 1 rings (SSSR count). The van der Waals surface area contributed by atoms with Crippen LogP contribution in [0, 0.1) is 17.2 Å². The molecule has 18 heavy (non-hydrogen) atoms. The predicted octanol–water partition coefficient (Wildman–Crippen LogP) is 2.50. The van der Waals surface area contributed by atoms with Crippen molar-refractivity contribution in [2.45, 2.75) is 13.8 Å². The fourth-order valence-electron chi connectivity index (χ4n) is 1.24. The van der Waals surface area contributed by atoms with Crippen molar-refractivity contribution in [2.24, 2.45) is 5.92 Å². The van der Waals surface area contributed by atoms with Gasteiger partial charge in [-0.25, -0.2) is 4.79 Å². The van der Waals surface area contributed by atoms with Crippen LogP contribution < -0.4 is 0 Å². The topological polar surface area (TPSA) is 70.3 Å². The summed E-state index contributed by atoms with van der Waals surface area (Å²) in [5.74, 6) is -0.346. The van der Waals surface area contributed by atoms with Crippen molar-refractivity contribution in [1.82, 2.24) is 0 Å². The second kappa shape index (κ2) is 6.45. The molecule has 1 aromatic rings. The van der Waals surface area contributed by atoms with Crippen LogP contribution in [0.2, 0.25) is 0 Å². The molecule has 0 amide bonds. The summed E-state index contributed by atoms with van der Waals surface area (Å²) in [6.07, 6.45) is 1.39. The predicted molar refractivity (Wildman–Crippen MR) is 67.5 cm³/mol. The van der Waals surface area contributed by atoms with Gasteiger partial charge in [-0.15, -0.1) is 0 Å². The Morgan fingerprint density at radius 1 is 1.56 bits per heavy atom. The molecule has 94 valence electrons. The average molecular weight is 245 g/mol. The van der Waals surface area contributed by atoms with Crippen molar-refractivity contribution in [3.05, 3.63) is 35.4 Å². The Morgan fingerprint density at radius 3 is 2.83 bits per heavy atom. The summed E-state index contributed by atoms with van der Waals surface area (Å²) in [4.78, 5) is 11.6. The van der Waals surface area contributed by atoms with E-state index in [9.17, 15) is 9.90 Å². The first kappa shape index (κ1) is 13.8. The molecule has 0 aromatic heterocycles. The average Bonchev–Trinajstić information content (AvgIpc) is 2.33. The molecule has 0 aliphatic rings. The van der Waals surface area contributed by atoms with Gasteiger partial charge in [0.05, 0.1) is 6.61 Å². The van der Waals surface area contributed by atoms with Gasteiger partial charge in [-0.2, -0.15) is 5.26 Å². The van der Waals surface area contributed by atoms with Crippen molar-refractivity contribution in [1.29, 1.82) is 5.26 Å². The molecule has 1 aromatic carbocycles. The Morgan fingerprint density at radius 2 is 2.28 bits per heavy atom. The Kier molecular flexibility index (Phi) is 4.94. The number of ether oxygens (including phenoxy) is 1. The molecule has 0 heterocycles. The van der Waals surface area contributed by atoms with Crippen molar-refractivity contribution < 1.29 is 14.6 Å². The zero-order valence-electron chi connectivity index (χ0n) is 10.4. The lowest BCUT2D eigenvalue weighted by Gasteiger charge is -2.06. The van der Waals surface area contributed by atoms with Crippen LogP contribution in [-0.2, 0) is 9.53 Å². The first-order chi connectivity index (χ1) is 8.52. The van der Waals surface area contributed by atoms with Crippen LogP contribution in [0.5, 0.6) is 5.75 Å². The van der Waals surface area contributed by atoms with Crippen LogP contribution in [-0.4, -0.2) is 17.7 Å². The molecule has 0 atom stereocenters. The second-order valence-electron chi connectivity index (χ2n) is 4.26. The Labute approximate surface area is 106 Å². The van der Waals surface area contributed by atoms with Crippen LogP contribution in [0.25, 0.3) is 6.08 Å². The maximum absolute atomic E-state index is 11.6. The number of phenols is 1. The van der Waals surface area contributed by atoms with Gasteiger partial charge >= 0.3 is 5.97 Å². The summed E-state index contributed by atoms with van der Waals surface area (Å²) >= 11 is 0. The maximum Gasteiger partial charge on any atom is 0.348 e. The number of esters is 1. The van der Waals surface area contributed by atoms with Gasteiger partial charge in [0, 0.05) is 0 Å². The summed E-state index contributed by atoms with van der Waals surface area (Å²) in [6.45, 7) is 4.11. The first-order valence-electron chi connectivity index (χ1n) is 5.61. The zero-order valence-corrected chi connectivity index (χ0v) is 10.4. The number of benzene rings is 1. The molecule has 0 fully saturated rings. The number of nitrogens with zero attached hydrogens (tertiary/aromatic N) is 1. The highest BCUT2D eigenvalue weighted by Crippen LogP contribution is 2.14. The van der Waals surface area contributed by atoms with E-state index in [1.165, 1.54) is 18.2 Å². The van der Waals surface area contributed by atoms with Gasteiger partial charge in [0.25, 0.3) is 0 Å². The SMILES string of the molecule is CC(C)COC(=O)/C(C#N)=C/c1cccc(O)c1. The smallest absolute Gasteiger partial charge is 0.348 e. The normalized spacial score (nSPS) is 11.1. The molecular weight excluding hydrogens is 230 g/mol. The number of carbonyl (C=O) groups excluding carboxylic acids is 1. The fraction of sp³-hybridized carbons (Fsp3) is 0.286. The lowest BCUT2D eigenvalue weighted by Crippen LogP contribution is -2.11. The summed E-state index contributed by atoms with van der Waals surface area (Å²) in [7, 11) is 0. The largest absolute Gasteiger partial charge is 0.508 e. The molecule has 0 saturated heterocycles. The van der Waals surface area contributed by atoms with E-state index in [0.717, 1.165) is 0 Å². The summed E-state index contributed by atoms with van der Waals surface area (Å²) < 4.78 is 4.97. The molecule has 0 spiro atoms. The molecule has 0 unspecified atom stereocenters. The van der Waals surface area contributed by atoms with Gasteiger partial charge in [0.1, 0.15) is 17.4 Å². The minimum absolute atomic E-state index is 0.0802. The van der Waals surface area contributed by atoms with E-state index >= 15 is 0 Å². The lowest BCUT2D eigenvalue weighted by atomic mass is 10.1. The Hall–Kier alpha value is -2.28. The summed E-state index contributed by atoms with van der Waals surface area (Å²) in [5.41, 5.74) is 0.495. The van der Waals surface area contributed by atoms with Crippen molar-refractivity contribution >= 4 is 12.0 Å². The highest BCUT2D eigenvalue weighted by atomic mass is 16.5. The summed E-state index contributed by atoms with van der Waals surface area (Å²) in [6, 6.07) is 8.10. The van der Waals surface area contributed by atoms with E-state index in [1.807, 2.05) is 13.8 Å². The molecule has 0 saturated carbocycles. The number of hydrogen-bond acceptors (Lipinski definition) is 4. The summed E-state index contributed by atoms with van der Waals surface area (Å²) in [5, 5.41) is 18.2. The Bertz CT molecular complexity index is 498. The molecule has 0 bridgehead atoms. The van der Waals surface area contributed by atoms with Crippen LogP contribution in [0.3, 0.4) is 0 Å². The minimum atomic E-state index is -0.644. The van der Waals surface area contributed by atoms with E-state index in [2.05, 4.69) is 0 Å². The lowest BCUT2D eigenvalue weighted by molar-refractivity contribution is -0.139. The van der Waals surface area contributed by atoms with E-state index in [1.54, 1.807) is 18.2 Å². The molecule has 1 N–H and O–H groups in total. The van der Waals surface area contributed by atoms with Gasteiger partial charge in [-0.1, -0.05) is 26.0 Å². The number of rotatable bonds is 4. The molecular formula is C14H15NO3. The Balaban J connectivity index is 2.83. The third-order valence-corrected chi connectivity index (χ3v) is 2.07. The van der Waals surface area contributed by atoms with Crippen LogP contribution in [0.1, 0.15) is 19.4 Å². The third kappa shape index (κ3) is 4.30. The maximum atomic E-state index is 11.6. The van der Waals surface area contributed by atoms with Crippen LogP contribution >= 0.6 is 0 Å². The second-order valence-corrected chi connectivity index (χ2v) is 4.26. The quantitative estimate of drug-likeness (QED) is 0.502. The van der Waals surface area contributed by atoms with E-state index in [-0.39, 0.29) is 23.8 Å². The number of carbonyl (C=O) groups is 1. The monoisotopic (exact) mass is 245 g/mol. The number of hydrogen-bond donors (Lipinski definition) is 1. The molecule has 0 radical (unpaired) electrons. The van der Waals surface area contributed by atoms with Gasteiger partial charge in [0.15, 0.2) is 0 Å². The number of phenolic OH excluding ortho intramolecular Hbond substituents is 1. The first-order valence-corrected chi connectivity index (χ1v) is 5.61. The number of nitriles is 1. The number of aromatic hydroxyl groups is 1. The highest BCUT2D eigenvalue weighted by Gasteiger charge is 2.11. The van der Waals surface area contributed by atoms with Gasteiger partial charge in [-0.05, 0) is 29.7 Å². The molecule has 4 nitrogen and oxygen atoms in total. The zero-order chi connectivity index (χ0) is 13.5. The highest BCUT2D eigenvalue weighted by molar-refractivity contribution is 5.97. The van der Waals surface area contributed by atoms with Crippen LogP contribution in [0.4, 0.5) is 0 Å². The van der Waals surface area contributed by atoms with Crippen LogP contribution in [0.15, 0.2) is 29.8 Å². The molecule has 0 aliphatic carbocycles. The minimum Gasteiger partial charge on any atom is -0.508 e. The van der Waals surface area contributed by atoms with Gasteiger partial charge < -0.3 is 9.84 Å². The fourth-order valence-corrected chi connectivity index (χ4v) is 1.24. The molecule has 0 aliphatic heterocycles. The van der Waals surface area contributed by atoms with E-state index in [0.29, 0.717) is 5.56 Å². The van der Waals surface area contributed by atoms with Crippen molar-refractivity contribution in [2.75, 3.05) is 6.61 Å². The third-order valence-electron chi connectivity index (χ3n) is 2.07. The van der Waals surface area contributed by atoms with E-state index in [4.69, 9.17) is 10.00 Å². The van der Waals surface area contributed by atoms with Gasteiger partial charge in [0.2, 0.25) is 0 Å². The van der Waals surface area contributed by atoms with Crippen molar-refractivity contribution in [3.63, 3.8) is 0 Å². The standard InChI is InChI=1S/C14H15NO3/c1-10(2)9-18-14(17)12(8-15)6-11-4-3-5-13(16)7-11/h3-7,10,16H,9H2,1-2H3/b12-6+.